The van der Waals surface area contributed by atoms with Crippen molar-refractivity contribution >= 4 is 28.7 Å². The molecule has 3 heterocycles. The van der Waals surface area contributed by atoms with Gasteiger partial charge in [0, 0.05) is 18.0 Å². The number of anilines is 2. The molecule has 196 valence electrons. The van der Waals surface area contributed by atoms with E-state index in [-0.39, 0.29) is 46.4 Å². The molecule has 1 unspecified atom stereocenters. The van der Waals surface area contributed by atoms with E-state index in [0.29, 0.717) is 11.3 Å². The first-order valence-electron chi connectivity index (χ1n) is 10.9. The maximum absolute atomic E-state index is 12.6. The number of para-hydroxylation sites is 2. The fourth-order valence-corrected chi connectivity index (χ4v) is 3.85. The second-order valence-electron chi connectivity index (χ2n) is 7.58. The van der Waals surface area contributed by atoms with Gasteiger partial charge in [0.05, 0.1) is 25.5 Å². The van der Waals surface area contributed by atoms with Crippen LogP contribution >= 0.6 is 0 Å². The van der Waals surface area contributed by atoms with Crippen LogP contribution in [0.5, 0.6) is 23.1 Å². The molecule has 3 aromatic heterocycles. The van der Waals surface area contributed by atoms with Crippen LogP contribution in [0.2, 0.25) is 0 Å². The number of amidine groups is 1. The normalized spacial score (nSPS) is 12.1. The van der Waals surface area contributed by atoms with Crippen LogP contribution in [0.4, 0.5) is 11.6 Å². The summed E-state index contributed by atoms with van der Waals surface area (Å²) in [5, 5.41) is 12.0. The molecule has 0 aliphatic carbocycles. The molecule has 0 amide bonds. The summed E-state index contributed by atoms with van der Waals surface area (Å²) < 4.78 is 43.0. The average molecular weight is 537 g/mol. The molecule has 0 radical (unpaired) electrons. The van der Waals surface area contributed by atoms with Crippen molar-refractivity contribution in [2.75, 3.05) is 18.5 Å². The highest BCUT2D eigenvalue weighted by Crippen LogP contribution is 2.44. The van der Waals surface area contributed by atoms with Crippen molar-refractivity contribution < 1.29 is 28.2 Å². The van der Waals surface area contributed by atoms with Gasteiger partial charge in [-0.1, -0.05) is 23.4 Å². The Morgan fingerprint density at radius 3 is 2.47 bits per heavy atom. The quantitative estimate of drug-likeness (QED) is 0.105. The first-order valence-corrected chi connectivity index (χ1v) is 11.9. The molecule has 0 aliphatic rings. The number of hydrogen-bond donors (Lipinski definition) is 2. The number of methoxy groups -OCH3 is 2. The first kappa shape index (κ1) is 26.2. The molecule has 4 rings (SSSR count). The molecule has 0 saturated heterocycles. The van der Waals surface area contributed by atoms with Crippen LogP contribution in [0.3, 0.4) is 0 Å². The topological polar surface area (TPSA) is 181 Å². The van der Waals surface area contributed by atoms with Crippen LogP contribution in [0, 0.1) is 6.92 Å². The van der Waals surface area contributed by atoms with Gasteiger partial charge in [-0.25, -0.2) is 14.3 Å². The Kier molecular flexibility index (Phi) is 7.94. The molecule has 1 aromatic carbocycles. The van der Waals surface area contributed by atoms with E-state index in [1.54, 1.807) is 36.4 Å². The second kappa shape index (κ2) is 11.5. The molecular formula is C24H22N7O6S-. The van der Waals surface area contributed by atoms with Crippen molar-refractivity contribution in [2.24, 2.45) is 10.9 Å². The lowest BCUT2D eigenvalue weighted by atomic mass is 10.2. The number of oxime groups is 1. The molecule has 0 fully saturated rings. The summed E-state index contributed by atoms with van der Waals surface area (Å²) in [6.45, 7) is 1.82. The smallest absolute Gasteiger partial charge is 0.263 e. The van der Waals surface area contributed by atoms with Crippen molar-refractivity contribution in [2.45, 2.75) is 6.92 Å². The monoisotopic (exact) mass is 536 g/mol. The van der Waals surface area contributed by atoms with Crippen molar-refractivity contribution in [3.8, 4) is 34.5 Å². The highest BCUT2D eigenvalue weighted by atomic mass is 32.2. The fraction of sp³-hybridized carbons (Fsp3) is 0.125. The van der Waals surface area contributed by atoms with Crippen LogP contribution in [0.15, 0.2) is 66.1 Å². The van der Waals surface area contributed by atoms with Crippen LogP contribution in [-0.2, 0) is 11.3 Å². The highest BCUT2D eigenvalue weighted by molar-refractivity contribution is 7.81. The van der Waals surface area contributed by atoms with Crippen LogP contribution in [0.1, 0.15) is 11.3 Å². The highest BCUT2D eigenvalue weighted by Gasteiger charge is 2.27. The molecule has 0 spiro atoms. The number of nitrogens with zero attached hydrogens (tertiary/aromatic N) is 6. The van der Waals surface area contributed by atoms with E-state index in [4.69, 9.17) is 25.2 Å². The summed E-state index contributed by atoms with van der Waals surface area (Å²) >= 11 is -2.90. The van der Waals surface area contributed by atoms with Gasteiger partial charge < -0.3 is 29.7 Å². The summed E-state index contributed by atoms with van der Waals surface area (Å²) in [5.41, 5.74) is 7.03. The van der Waals surface area contributed by atoms with Crippen molar-refractivity contribution in [1.82, 2.24) is 19.9 Å². The maximum atomic E-state index is 12.6. The molecule has 0 aliphatic heterocycles. The van der Waals surface area contributed by atoms with Gasteiger partial charge in [-0.05, 0) is 42.8 Å². The summed E-state index contributed by atoms with van der Waals surface area (Å²) in [5.74, 6) is 0.112. The van der Waals surface area contributed by atoms with Gasteiger partial charge in [0.1, 0.15) is 11.5 Å². The van der Waals surface area contributed by atoms with Gasteiger partial charge in [0.25, 0.3) is 5.88 Å². The Morgan fingerprint density at radius 1 is 1.08 bits per heavy atom. The maximum Gasteiger partial charge on any atom is 0.263 e. The SMILES string of the molecule is COc1ccccc1Oc1c(OC)nc(-c2ccnc(C(N)=NO)c2)nc1N(c1ccc(C)cn1)S(=O)[O-]. The number of aromatic nitrogens is 4. The largest absolute Gasteiger partial charge is 0.755 e. The standard InChI is InChI=1S/C24H23N7O6S/c1-14-8-9-19(27-13-14)31(38(33)34)23-20(37-18-7-5-4-6-17(18)35-2)24(36-3)29-22(28-23)15-10-11-26-16(12-15)21(25)30-32/h4-13,32H,1-3H3,(H2,25,30)(H,33,34)/p-1. The zero-order valence-corrected chi connectivity index (χ0v) is 21.2. The zero-order chi connectivity index (χ0) is 27.2. The lowest BCUT2D eigenvalue weighted by Crippen LogP contribution is -2.23. The van der Waals surface area contributed by atoms with Gasteiger partial charge in [-0.2, -0.15) is 4.98 Å². The van der Waals surface area contributed by atoms with E-state index in [2.05, 4.69) is 25.1 Å². The third kappa shape index (κ3) is 5.45. The van der Waals surface area contributed by atoms with Gasteiger partial charge in [-0.3, -0.25) is 9.19 Å². The Hall–Kier alpha value is -4.82. The number of aryl methyl sites for hydroxylation is 1. The van der Waals surface area contributed by atoms with Crippen molar-refractivity contribution in [1.29, 1.82) is 0 Å². The van der Waals surface area contributed by atoms with Crippen molar-refractivity contribution in [3.05, 3.63) is 72.2 Å². The summed E-state index contributed by atoms with van der Waals surface area (Å²) in [6, 6.07) is 13.0. The number of nitrogens with two attached hydrogens (primary N) is 1. The van der Waals surface area contributed by atoms with E-state index in [0.717, 1.165) is 9.87 Å². The van der Waals surface area contributed by atoms with Crippen LogP contribution in [-0.4, -0.2) is 54.0 Å². The number of rotatable bonds is 9. The molecule has 0 saturated carbocycles. The number of pyridine rings is 2. The predicted molar refractivity (Wildman–Crippen MR) is 137 cm³/mol. The van der Waals surface area contributed by atoms with E-state index < -0.39 is 11.3 Å². The molecule has 14 heteroatoms. The van der Waals surface area contributed by atoms with E-state index in [1.807, 2.05) is 6.92 Å². The summed E-state index contributed by atoms with van der Waals surface area (Å²) in [4.78, 5) is 17.2. The molecule has 13 nitrogen and oxygen atoms in total. The minimum absolute atomic E-state index is 0.0428. The van der Waals surface area contributed by atoms with E-state index in [1.165, 1.54) is 38.7 Å². The van der Waals surface area contributed by atoms with Gasteiger partial charge in [0.2, 0.25) is 5.75 Å². The number of ether oxygens (including phenoxy) is 3. The molecule has 3 N–H and O–H groups in total. The number of benzene rings is 1. The third-order valence-electron chi connectivity index (χ3n) is 5.12. The fourth-order valence-electron chi connectivity index (χ4n) is 3.32. The number of hydrogen-bond acceptors (Lipinski definition) is 11. The third-order valence-corrected chi connectivity index (χ3v) is 5.78. The van der Waals surface area contributed by atoms with E-state index >= 15 is 0 Å². The van der Waals surface area contributed by atoms with Gasteiger partial charge >= 0.3 is 0 Å². The summed E-state index contributed by atoms with van der Waals surface area (Å²) in [6.07, 6.45) is 2.92. The Bertz CT molecular complexity index is 1500. The molecule has 38 heavy (non-hydrogen) atoms. The molecule has 0 bridgehead atoms. The minimum Gasteiger partial charge on any atom is -0.755 e. The lowest BCUT2D eigenvalue weighted by Gasteiger charge is -2.27. The zero-order valence-electron chi connectivity index (χ0n) is 20.4. The Labute approximate surface area is 220 Å². The molecule has 4 aromatic rings. The first-order chi connectivity index (χ1) is 18.4. The van der Waals surface area contributed by atoms with Gasteiger partial charge in [-0.15, -0.1) is 0 Å². The predicted octanol–water partition coefficient (Wildman–Crippen LogP) is 3.08. The van der Waals surface area contributed by atoms with Crippen molar-refractivity contribution in [3.63, 3.8) is 0 Å². The van der Waals surface area contributed by atoms with Crippen LogP contribution < -0.4 is 24.2 Å². The minimum atomic E-state index is -2.90. The lowest BCUT2D eigenvalue weighted by molar-refractivity contribution is 0.318. The summed E-state index contributed by atoms with van der Waals surface area (Å²) in [7, 11) is 2.82. The molecule has 1 atom stereocenters. The Morgan fingerprint density at radius 2 is 1.84 bits per heavy atom. The second-order valence-corrected chi connectivity index (χ2v) is 8.38. The van der Waals surface area contributed by atoms with E-state index in [9.17, 15) is 8.76 Å². The molecular weight excluding hydrogens is 514 g/mol. The average Bonchev–Trinajstić information content (AvgIpc) is 2.94. The van der Waals surface area contributed by atoms with Gasteiger partial charge in [0.15, 0.2) is 29.0 Å². The Balaban J connectivity index is 1.98. The van der Waals surface area contributed by atoms with Crippen LogP contribution in [0.25, 0.3) is 11.4 Å².